The van der Waals surface area contributed by atoms with E-state index in [0.717, 1.165) is 64.9 Å². The van der Waals surface area contributed by atoms with E-state index in [2.05, 4.69) is 24.2 Å². The summed E-state index contributed by atoms with van der Waals surface area (Å²) < 4.78 is 5.72. The molecule has 0 aromatic rings. The van der Waals surface area contributed by atoms with Gasteiger partial charge >= 0.3 is 6.03 Å². The Kier molecular flexibility index (Phi) is 6.10. The molecule has 0 saturated carbocycles. The van der Waals surface area contributed by atoms with Crippen LogP contribution in [0.1, 0.15) is 39.0 Å². The summed E-state index contributed by atoms with van der Waals surface area (Å²) in [6.45, 7) is 6.60. The lowest BCUT2D eigenvalue weighted by Crippen LogP contribution is -2.52. The van der Waals surface area contributed by atoms with E-state index in [-0.39, 0.29) is 12.1 Å². The highest BCUT2D eigenvalue weighted by atomic mass is 16.5. The van der Waals surface area contributed by atoms with Gasteiger partial charge in [0.05, 0.1) is 6.10 Å². The Hall–Kier alpha value is -0.810. The molecule has 2 fully saturated rings. The molecule has 5 nitrogen and oxygen atoms in total. The predicted octanol–water partition coefficient (Wildman–Crippen LogP) is 1.68. The van der Waals surface area contributed by atoms with Crippen LogP contribution in [0.25, 0.3) is 0 Å². The first kappa shape index (κ1) is 15.6. The lowest BCUT2D eigenvalue weighted by molar-refractivity contribution is 0.0570. The zero-order valence-corrected chi connectivity index (χ0v) is 12.9. The van der Waals surface area contributed by atoms with Crippen molar-refractivity contribution in [1.82, 2.24) is 15.1 Å². The number of hydrogen-bond donors (Lipinski definition) is 1. The fraction of sp³-hybridized carbons (Fsp3) is 0.933. The Morgan fingerprint density at radius 2 is 2.10 bits per heavy atom. The molecule has 116 valence electrons. The number of rotatable bonds is 5. The predicted molar refractivity (Wildman–Crippen MR) is 79.9 cm³/mol. The molecule has 0 aromatic heterocycles. The molecule has 20 heavy (non-hydrogen) atoms. The molecule has 0 aliphatic carbocycles. The van der Waals surface area contributed by atoms with Crippen molar-refractivity contribution in [2.75, 3.05) is 39.8 Å². The second kappa shape index (κ2) is 7.84. The third-order valence-corrected chi connectivity index (χ3v) is 4.34. The lowest BCUT2D eigenvalue weighted by Gasteiger charge is -2.38. The molecule has 2 aliphatic heterocycles. The fourth-order valence-corrected chi connectivity index (χ4v) is 3.05. The van der Waals surface area contributed by atoms with Crippen LogP contribution in [-0.4, -0.2) is 67.8 Å². The number of nitrogens with one attached hydrogen (secondary N) is 1. The summed E-state index contributed by atoms with van der Waals surface area (Å²) in [5.41, 5.74) is 0. The van der Waals surface area contributed by atoms with Crippen molar-refractivity contribution in [2.24, 2.45) is 0 Å². The Bertz CT molecular complexity index is 297. The van der Waals surface area contributed by atoms with Gasteiger partial charge in [0.15, 0.2) is 0 Å². The number of likely N-dealkylation sites (tertiary alicyclic amines) is 1. The van der Waals surface area contributed by atoms with Crippen molar-refractivity contribution < 1.29 is 9.53 Å². The maximum atomic E-state index is 12.4. The van der Waals surface area contributed by atoms with E-state index in [1.807, 2.05) is 4.90 Å². The van der Waals surface area contributed by atoms with Crippen LogP contribution in [0.3, 0.4) is 0 Å². The monoisotopic (exact) mass is 283 g/mol. The molecule has 2 saturated heterocycles. The Balaban J connectivity index is 1.92. The molecule has 0 bridgehead atoms. The number of urea groups is 1. The molecule has 1 atom stereocenters. The topological polar surface area (TPSA) is 44.8 Å². The van der Waals surface area contributed by atoms with Crippen LogP contribution in [0, 0.1) is 0 Å². The SMILES string of the molecule is CCCNC(=O)N(C[C@@H]1CCCO1)C1CCN(C)CC1. The molecular formula is C15H29N3O2. The van der Waals surface area contributed by atoms with Crippen molar-refractivity contribution in [2.45, 2.75) is 51.2 Å². The molecule has 2 amide bonds. The van der Waals surface area contributed by atoms with Crippen LogP contribution in [0.2, 0.25) is 0 Å². The van der Waals surface area contributed by atoms with Crippen molar-refractivity contribution >= 4 is 6.03 Å². The number of carbonyl (C=O) groups excluding carboxylic acids is 1. The van der Waals surface area contributed by atoms with Crippen LogP contribution in [0.15, 0.2) is 0 Å². The molecule has 0 unspecified atom stereocenters. The van der Waals surface area contributed by atoms with Gasteiger partial charge in [-0.1, -0.05) is 6.92 Å². The number of piperidine rings is 1. The van der Waals surface area contributed by atoms with Crippen LogP contribution in [0.5, 0.6) is 0 Å². The van der Waals surface area contributed by atoms with Crippen molar-refractivity contribution in [3.05, 3.63) is 0 Å². The minimum Gasteiger partial charge on any atom is -0.376 e. The standard InChI is InChI=1S/C15H29N3O2/c1-3-8-16-15(19)18(12-14-5-4-11-20-14)13-6-9-17(2)10-7-13/h13-14H,3-12H2,1-2H3,(H,16,19)/t14-/m0/s1. The Morgan fingerprint density at radius 3 is 2.70 bits per heavy atom. The first-order chi connectivity index (χ1) is 9.70. The molecule has 0 aromatic carbocycles. The average molecular weight is 283 g/mol. The van der Waals surface area contributed by atoms with Gasteiger partial charge in [-0.15, -0.1) is 0 Å². The summed E-state index contributed by atoms with van der Waals surface area (Å²) in [6, 6.07) is 0.462. The van der Waals surface area contributed by atoms with Crippen LogP contribution in [-0.2, 0) is 4.74 Å². The van der Waals surface area contributed by atoms with Gasteiger partial charge in [-0.3, -0.25) is 0 Å². The van der Waals surface area contributed by atoms with E-state index in [1.54, 1.807) is 0 Å². The van der Waals surface area contributed by atoms with Gasteiger partial charge in [-0.05, 0) is 52.2 Å². The number of ether oxygens (including phenoxy) is 1. The number of amides is 2. The van der Waals surface area contributed by atoms with E-state index in [9.17, 15) is 4.79 Å². The highest BCUT2D eigenvalue weighted by molar-refractivity contribution is 5.74. The van der Waals surface area contributed by atoms with Crippen molar-refractivity contribution in [1.29, 1.82) is 0 Å². The van der Waals surface area contributed by atoms with Gasteiger partial charge < -0.3 is 19.9 Å². The quantitative estimate of drug-likeness (QED) is 0.835. The lowest BCUT2D eigenvalue weighted by atomic mass is 10.0. The summed E-state index contributed by atoms with van der Waals surface area (Å²) in [4.78, 5) is 16.8. The largest absolute Gasteiger partial charge is 0.376 e. The van der Waals surface area contributed by atoms with E-state index in [0.29, 0.717) is 6.04 Å². The smallest absolute Gasteiger partial charge is 0.317 e. The van der Waals surface area contributed by atoms with E-state index in [4.69, 9.17) is 4.74 Å². The summed E-state index contributed by atoms with van der Waals surface area (Å²) in [7, 11) is 2.15. The molecule has 2 rings (SSSR count). The highest BCUT2D eigenvalue weighted by Crippen LogP contribution is 2.20. The molecule has 1 N–H and O–H groups in total. The van der Waals surface area contributed by atoms with Crippen LogP contribution < -0.4 is 5.32 Å². The minimum atomic E-state index is 0.0944. The van der Waals surface area contributed by atoms with E-state index >= 15 is 0 Å². The second-order valence-electron chi connectivity index (χ2n) is 6.05. The average Bonchev–Trinajstić information content (AvgIpc) is 2.96. The van der Waals surface area contributed by atoms with Gasteiger partial charge in [-0.25, -0.2) is 4.79 Å². The zero-order chi connectivity index (χ0) is 14.4. The summed E-state index contributed by atoms with van der Waals surface area (Å²) in [5.74, 6) is 0. The van der Waals surface area contributed by atoms with Crippen LogP contribution >= 0.6 is 0 Å². The maximum Gasteiger partial charge on any atom is 0.317 e. The summed E-state index contributed by atoms with van der Waals surface area (Å²) >= 11 is 0. The molecule has 2 heterocycles. The maximum absolute atomic E-state index is 12.4. The van der Waals surface area contributed by atoms with Gasteiger partial charge in [0, 0.05) is 25.7 Å². The molecule has 2 aliphatic rings. The first-order valence-corrected chi connectivity index (χ1v) is 8.05. The number of hydrogen-bond acceptors (Lipinski definition) is 3. The molecule has 5 heteroatoms. The minimum absolute atomic E-state index is 0.0944. The zero-order valence-electron chi connectivity index (χ0n) is 12.9. The van der Waals surface area contributed by atoms with Gasteiger partial charge in [0.25, 0.3) is 0 Å². The van der Waals surface area contributed by atoms with Gasteiger partial charge in [-0.2, -0.15) is 0 Å². The van der Waals surface area contributed by atoms with Crippen molar-refractivity contribution in [3.8, 4) is 0 Å². The fourth-order valence-electron chi connectivity index (χ4n) is 3.05. The first-order valence-electron chi connectivity index (χ1n) is 8.05. The van der Waals surface area contributed by atoms with E-state index < -0.39 is 0 Å². The summed E-state index contributed by atoms with van der Waals surface area (Å²) in [6.07, 6.45) is 5.58. The Labute approximate surface area is 122 Å². The number of nitrogens with zero attached hydrogens (tertiary/aromatic N) is 2. The second-order valence-corrected chi connectivity index (χ2v) is 6.05. The van der Waals surface area contributed by atoms with Crippen LogP contribution in [0.4, 0.5) is 4.79 Å². The highest BCUT2D eigenvalue weighted by Gasteiger charge is 2.30. The van der Waals surface area contributed by atoms with Crippen molar-refractivity contribution in [3.63, 3.8) is 0 Å². The molecule has 0 radical (unpaired) electrons. The van der Waals surface area contributed by atoms with Gasteiger partial charge in [0.2, 0.25) is 0 Å². The third-order valence-electron chi connectivity index (χ3n) is 4.34. The molecule has 0 spiro atoms. The van der Waals surface area contributed by atoms with Gasteiger partial charge in [0.1, 0.15) is 0 Å². The number of carbonyl (C=O) groups is 1. The third kappa shape index (κ3) is 4.35. The Morgan fingerprint density at radius 1 is 1.35 bits per heavy atom. The normalized spacial score (nSPS) is 24.8. The molecular weight excluding hydrogens is 254 g/mol. The van der Waals surface area contributed by atoms with E-state index in [1.165, 1.54) is 0 Å². The summed E-state index contributed by atoms with van der Waals surface area (Å²) in [5, 5.41) is 3.03.